The van der Waals surface area contributed by atoms with Gasteiger partial charge in [-0.1, -0.05) is 72.8 Å². The van der Waals surface area contributed by atoms with Crippen LogP contribution in [0, 0.1) is 0 Å². The first kappa shape index (κ1) is 20.9. The van der Waals surface area contributed by atoms with Crippen molar-refractivity contribution in [2.75, 3.05) is 32.7 Å². The standard InChI is InChI=1S/C25H29N5O/c31-25(26-18-24-19-27-30(21-24)20-23-10-5-2-6-11-23)29-16-14-28(15-17-29)13-7-12-22-8-3-1-4-9-22/h1-12,19,21H,13-18,20H2,(H,26,31)/b12-7+. The second-order valence-electron chi connectivity index (χ2n) is 7.79. The van der Waals surface area contributed by atoms with Gasteiger partial charge in [-0.25, -0.2) is 4.79 Å². The zero-order valence-corrected chi connectivity index (χ0v) is 17.7. The van der Waals surface area contributed by atoms with Gasteiger partial charge in [0.15, 0.2) is 0 Å². The molecule has 2 aromatic carbocycles. The topological polar surface area (TPSA) is 53.4 Å². The molecule has 0 unspecified atom stereocenters. The second-order valence-corrected chi connectivity index (χ2v) is 7.79. The summed E-state index contributed by atoms with van der Waals surface area (Å²) in [4.78, 5) is 16.8. The molecule has 0 radical (unpaired) electrons. The minimum atomic E-state index is -0.00436. The molecular formula is C25H29N5O. The quantitative estimate of drug-likeness (QED) is 0.643. The Hall–Kier alpha value is -3.38. The smallest absolute Gasteiger partial charge is 0.317 e. The van der Waals surface area contributed by atoms with Crippen LogP contribution in [-0.4, -0.2) is 58.3 Å². The number of hydrogen-bond donors (Lipinski definition) is 1. The number of urea groups is 1. The highest BCUT2D eigenvalue weighted by atomic mass is 16.2. The lowest BCUT2D eigenvalue weighted by Gasteiger charge is -2.34. The van der Waals surface area contributed by atoms with Crippen LogP contribution in [0.15, 0.2) is 79.1 Å². The molecule has 6 nitrogen and oxygen atoms in total. The van der Waals surface area contributed by atoms with Crippen molar-refractivity contribution in [3.8, 4) is 0 Å². The molecule has 4 rings (SSSR count). The van der Waals surface area contributed by atoms with E-state index in [4.69, 9.17) is 0 Å². The molecule has 1 aliphatic rings. The van der Waals surface area contributed by atoms with Crippen molar-refractivity contribution in [3.63, 3.8) is 0 Å². The molecule has 2 heterocycles. The molecule has 1 N–H and O–H groups in total. The van der Waals surface area contributed by atoms with E-state index in [0.717, 1.165) is 44.8 Å². The van der Waals surface area contributed by atoms with Crippen LogP contribution in [0.3, 0.4) is 0 Å². The molecule has 0 bridgehead atoms. The van der Waals surface area contributed by atoms with Crippen LogP contribution >= 0.6 is 0 Å². The number of aromatic nitrogens is 2. The van der Waals surface area contributed by atoms with Crippen molar-refractivity contribution in [3.05, 3.63) is 95.8 Å². The Morgan fingerprint density at radius 1 is 0.935 bits per heavy atom. The summed E-state index contributed by atoms with van der Waals surface area (Å²) in [7, 11) is 0. The lowest BCUT2D eigenvalue weighted by molar-refractivity contribution is 0.146. The minimum absolute atomic E-state index is 0.00436. The number of piperazine rings is 1. The molecule has 31 heavy (non-hydrogen) atoms. The van der Waals surface area contributed by atoms with E-state index in [2.05, 4.69) is 51.7 Å². The largest absolute Gasteiger partial charge is 0.334 e. The lowest BCUT2D eigenvalue weighted by Crippen LogP contribution is -2.51. The molecule has 2 amide bonds. The number of amides is 2. The fraction of sp³-hybridized carbons (Fsp3) is 0.280. The first-order chi connectivity index (χ1) is 15.3. The highest BCUT2D eigenvalue weighted by Crippen LogP contribution is 2.07. The number of carbonyl (C=O) groups is 1. The van der Waals surface area contributed by atoms with Crippen LogP contribution in [0.2, 0.25) is 0 Å². The van der Waals surface area contributed by atoms with Crippen LogP contribution in [0.25, 0.3) is 6.08 Å². The lowest BCUT2D eigenvalue weighted by atomic mass is 10.2. The van der Waals surface area contributed by atoms with E-state index in [1.165, 1.54) is 11.1 Å². The molecule has 1 saturated heterocycles. The van der Waals surface area contributed by atoms with Crippen LogP contribution in [-0.2, 0) is 13.1 Å². The van der Waals surface area contributed by atoms with Gasteiger partial charge in [-0.2, -0.15) is 5.10 Å². The van der Waals surface area contributed by atoms with Gasteiger partial charge >= 0.3 is 6.03 Å². The van der Waals surface area contributed by atoms with Gasteiger partial charge in [-0.15, -0.1) is 0 Å². The van der Waals surface area contributed by atoms with Crippen molar-refractivity contribution in [1.82, 2.24) is 24.9 Å². The molecule has 0 aliphatic carbocycles. The average Bonchev–Trinajstić information content (AvgIpc) is 3.26. The Balaban J connectivity index is 1.17. The Morgan fingerprint density at radius 2 is 1.65 bits per heavy atom. The molecule has 3 aromatic rings. The summed E-state index contributed by atoms with van der Waals surface area (Å²) < 4.78 is 1.90. The van der Waals surface area contributed by atoms with Gasteiger partial charge in [-0.3, -0.25) is 9.58 Å². The van der Waals surface area contributed by atoms with E-state index in [9.17, 15) is 4.79 Å². The van der Waals surface area contributed by atoms with E-state index in [0.29, 0.717) is 6.54 Å². The van der Waals surface area contributed by atoms with Gasteiger partial charge in [0.2, 0.25) is 0 Å². The fourth-order valence-corrected chi connectivity index (χ4v) is 3.68. The van der Waals surface area contributed by atoms with Crippen molar-refractivity contribution >= 4 is 12.1 Å². The summed E-state index contributed by atoms with van der Waals surface area (Å²) in [5.41, 5.74) is 3.43. The summed E-state index contributed by atoms with van der Waals surface area (Å²) in [6.45, 7) is 5.41. The number of rotatable bonds is 7. The summed E-state index contributed by atoms with van der Waals surface area (Å²) in [5, 5.41) is 7.43. The normalized spacial score (nSPS) is 14.8. The van der Waals surface area contributed by atoms with Crippen LogP contribution in [0.5, 0.6) is 0 Å². The Labute approximate surface area is 183 Å². The average molecular weight is 416 g/mol. The number of benzene rings is 2. The first-order valence-electron chi connectivity index (χ1n) is 10.8. The third-order valence-electron chi connectivity index (χ3n) is 5.45. The molecule has 1 aliphatic heterocycles. The minimum Gasteiger partial charge on any atom is -0.334 e. The van der Waals surface area contributed by atoms with Crippen molar-refractivity contribution in [2.24, 2.45) is 0 Å². The SMILES string of the molecule is O=C(NCc1cnn(Cc2ccccc2)c1)N1CCN(C/C=C/c2ccccc2)CC1. The van der Waals surface area contributed by atoms with Gasteiger partial charge in [0.25, 0.3) is 0 Å². The van der Waals surface area contributed by atoms with E-state index in [1.807, 2.05) is 58.4 Å². The van der Waals surface area contributed by atoms with Gasteiger partial charge < -0.3 is 10.2 Å². The maximum Gasteiger partial charge on any atom is 0.317 e. The van der Waals surface area contributed by atoms with Crippen molar-refractivity contribution in [1.29, 1.82) is 0 Å². The van der Waals surface area contributed by atoms with Crippen molar-refractivity contribution in [2.45, 2.75) is 13.1 Å². The van der Waals surface area contributed by atoms with E-state index >= 15 is 0 Å². The van der Waals surface area contributed by atoms with Gasteiger partial charge in [-0.05, 0) is 11.1 Å². The third-order valence-corrected chi connectivity index (χ3v) is 5.45. The third kappa shape index (κ3) is 6.30. The Kier molecular flexibility index (Phi) is 7.13. The number of nitrogens with one attached hydrogen (secondary N) is 1. The summed E-state index contributed by atoms with van der Waals surface area (Å²) in [6.07, 6.45) is 8.15. The van der Waals surface area contributed by atoms with Gasteiger partial charge in [0.1, 0.15) is 0 Å². The maximum absolute atomic E-state index is 12.5. The maximum atomic E-state index is 12.5. The summed E-state index contributed by atoms with van der Waals surface area (Å²) in [6, 6.07) is 20.5. The molecule has 6 heteroatoms. The first-order valence-corrected chi connectivity index (χ1v) is 10.8. The summed E-state index contributed by atoms with van der Waals surface area (Å²) in [5.74, 6) is 0. The molecule has 0 spiro atoms. The second kappa shape index (κ2) is 10.6. The molecular weight excluding hydrogens is 386 g/mol. The number of hydrogen-bond acceptors (Lipinski definition) is 3. The van der Waals surface area contributed by atoms with E-state index < -0.39 is 0 Å². The van der Waals surface area contributed by atoms with E-state index in [-0.39, 0.29) is 6.03 Å². The zero-order chi connectivity index (χ0) is 21.3. The predicted octanol–water partition coefficient (Wildman–Crippen LogP) is 3.47. The molecule has 1 fully saturated rings. The zero-order valence-electron chi connectivity index (χ0n) is 17.7. The Bertz CT molecular complexity index is 975. The highest BCUT2D eigenvalue weighted by Gasteiger charge is 2.20. The van der Waals surface area contributed by atoms with Crippen LogP contribution < -0.4 is 5.32 Å². The fourth-order valence-electron chi connectivity index (χ4n) is 3.68. The van der Waals surface area contributed by atoms with Crippen molar-refractivity contribution < 1.29 is 4.79 Å². The Morgan fingerprint density at radius 3 is 2.39 bits per heavy atom. The number of nitrogens with zero attached hydrogens (tertiary/aromatic N) is 4. The number of carbonyl (C=O) groups excluding carboxylic acids is 1. The summed E-state index contributed by atoms with van der Waals surface area (Å²) >= 11 is 0. The highest BCUT2D eigenvalue weighted by molar-refractivity contribution is 5.74. The predicted molar refractivity (Wildman–Crippen MR) is 123 cm³/mol. The molecule has 0 saturated carbocycles. The van der Waals surface area contributed by atoms with Crippen LogP contribution in [0.4, 0.5) is 4.79 Å². The molecule has 0 atom stereocenters. The van der Waals surface area contributed by atoms with Gasteiger partial charge in [0, 0.05) is 51.0 Å². The molecule has 1 aromatic heterocycles. The van der Waals surface area contributed by atoms with Crippen LogP contribution in [0.1, 0.15) is 16.7 Å². The monoisotopic (exact) mass is 415 g/mol. The molecule has 160 valence electrons. The van der Waals surface area contributed by atoms with Gasteiger partial charge in [0.05, 0.1) is 12.7 Å². The van der Waals surface area contributed by atoms with E-state index in [1.54, 1.807) is 0 Å².